The van der Waals surface area contributed by atoms with E-state index in [0.717, 1.165) is 22.1 Å². The molecule has 0 bridgehead atoms. The largest absolute Gasteiger partial charge is 0.368 e. The van der Waals surface area contributed by atoms with Crippen molar-refractivity contribution in [3.8, 4) is 0 Å². The molecule has 27 heavy (non-hydrogen) atoms. The number of sulfonamides is 1. The molecule has 1 saturated heterocycles. The molecule has 9 heteroatoms. The van der Waals surface area contributed by atoms with Crippen molar-refractivity contribution in [1.82, 2.24) is 9.21 Å². The van der Waals surface area contributed by atoms with Crippen molar-refractivity contribution in [2.75, 3.05) is 45.2 Å². The zero-order valence-corrected chi connectivity index (χ0v) is 16.0. The Hall–Kier alpha value is -2.52. The van der Waals surface area contributed by atoms with Crippen LogP contribution in [0.4, 0.5) is 10.1 Å². The predicted octanol–water partition coefficient (Wildman–Crippen LogP) is 0.853. The van der Waals surface area contributed by atoms with Crippen molar-refractivity contribution in [1.29, 1.82) is 0 Å². The number of nitrogens with zero attached hydrogens (tertiary/aromatic N) is 3. The monoisotopic (exact) mass is 393 g/mol. The summed E-state index contributed by atoms with van der Waals surface area (Å²) in [5, 5.41) is 0. The molecule has 1 fully saturated rings. The van der Waals surface area contributed by atoms with Crippen LogP contribution in [0.2, 0.25) is 0 Å². The minimum atomic E-state index is -3.74. The number of rotatable bonds is 4. The normalized spacial score (nSPS) is 15.3. The number of carbonyl (C=O) groups excluding carboxylic acids is 1. The molecule has 2 heterocycles. The summed E-state index contributed by atoms with van der Waals surface area (Å²) >= 11 is 0. The zero-order valence-electron chi connectivity index (χ0n) is 15.2. The third-order valence-electron chi connectivity index (χ3n) is 4.58. The Labute approximate surface area is 158 Å². The highest BCUT2D eigenvalue weighted by atomic mass is 32.2. The highest BCUT2D eigenvalue weighted by Crippen LogP contribution is 2.21. The van der Waals surface area contributed by atoms with Gasteiger partial charge in [0.1, 0.15) is 5.82 Å². The maximum atomic E-state index is 14.2. The number of benzene rings is 1. The average molecular weight is 393 g/mol. The lowest BCUT2D eigenvalue weighted by molar-refractivity contribution is -0.377. The predicted molar refractivity (Wildman–Crippen MR) is 98.4 cm³/mol. The van der Waals surface area contributed by atoms with Gasteiger partial charge in [-0.3, -0.25) is 4.79 Å². The average Bonchev–Trinajstić information content (AvgIpc) is 2.68. The molecule has 1 aliphatic heterocycles. The van der Waals surface area contributed by atoms with Crippen LogP contribution in [0, 0.1) is 5.82 Å². The van der Waals surface area contributed by atoms with Crippen molar-refractivity contribution in [2.45, 2.75) is 4.90 Å². The first-order valence-electron chi connectivity index (χ1n) is 8.53. The van der Waals surface area contributed by atoms with Crippen LogP contribution < -0.4 is 9.88 Å². The lowest BCUT2D eigenvalue weighted by Crippen LogP contribution is -2.49. The van der Waals surface area contributed by atoms with Crippen LogP contribution in [-0.2, 0) is 10.0 Å². The minimum Gasteiger partial charge on any atom is -0.368 e. The number of aromatic amines is 1. The molecule has 0 radical (unpaired) electrons. The molecule has 0 atom stereocenters. The Balaban J connectivity index is 1.77. The number of pyridine rings is 1. The van der Waals surface area contributed by atoms with E-state index >= 15 is 0 Å². The first kappa shape index (κ1) is 19.2. The molecule has 1 aromatic carbocycles. The van der Waals surface area contributed by atoms with Gasteiger partial charge in [-0.25, -0.2) is 22.1 Å². The molecular formula is C18H22FN4O3S+. The molecule has 144 valence electrons. The molecule has 1 N–H and O–H groups in total. The van der Waals surface area contributed by atoms with E-state index in [1.165, 1.54) is 20.2 Å². The van der Waals surface area contributed by atoms with E-state index in [-0.39, 0.29) is 10.5 Å². The zero-order chi connectivity index (χ0) is 19.6. The summed E-state index contributed by atoms with van der Waals surface area (Å²) in [6, 6.07) is 7.22. The van der Waals surface area contributed by atoms with E-state index in [1.807, 2.05) is 24.5 Å². The van der Waals surface area contributed by atoms with Gasteiger partial charge in [0.2, 0.25) is 10.0 Å². The van der Waals surface area contributed by atoms with Gasteiger partial charge >= 0.3 is 0 Å². The smallest absolute Gasteiger partial charge is 0.256 e. The molecule has 7 nitrogen and oxygen atoms in total. The molecule has 1 amide bonds. The van der Waals surface area contributed by atoms with Gasteiger partial charge in [0.25, 0.3) is 5.91 Å². The number of amides is 1. The first-order valence-corrected chi connectivity index (χ1v) is 9.97. The summed E-state index contributed by atoms with van der Waals surface area (Å²) in [4.78, 5) is 19.3. The lowest BCUT2D eigenvalue weighted by atomic mass is 10.1. The van der Waals surface area contributed by atoms with Crippen LogP contribution in [0.25, 0.3) is 0 Å². The second-order valence-corrected chi connectivity index (χ2v) is 8.62. The Morgan fingerprint density at radius 2 is 1.70 bits per heavy atom. The van der Waals surface area contributed by atoms with E-state index in [4.69, 9.17) is 0 Å². The van der Waals surface area contributed by atoms with E-state index in [2.05, 4.69) is 9.88 Å². The van der Waals surface area contributed by atoms with E-state index in [1.54, 1.807) is 4.90 Å². The van der Waals surface area contributed by atoms with Gasteiger partial charge in [0.05, 0.1) is 10.5 Å². The summed E-state index contributed by atoms with van der Waals surface area (Å²) in [5.41, 5.74) is 0.826. The maximum Gasteiger partial charge on any atom is 0.256 e. The SMILES string of the molecule is CN(C)S(=O)(=O)c1ccc(F)c(C(=O)N2CCN(c3cc[nH+]cc3)CC2)c1. The van der Waals surface area contributed by atoms with Crippen LogP contribution >= 0.6 is 0 Å². The summed E-state index contributed by atoms with van der Waals surface area (Å²) in [7, 11) is -0.961. The number of hydrogen-bond donors (Lipinski definition) is 0. The number of nitrogens with one attached hydrogen (secondary N) is 1. The van der Waals surface area contributed by atoms with Crippen LogP contribution in [0.5, 0.6) is 0 Å². The van der Waals surface area contributed by atoms with Gasteiger partial charge in [-0.15, -0.1) is 0 Å². The molecule has 0 aliphatic carbocycles. The highest BCUT2D eigenvalue weighted by Gasteiger charge is 2.27. The molecule has 2 aromatic rings. The fourth-order valence-corrected chi connectivity index (χ4v) is 3.89. The Kier molecular flexibility index (Phi) is 5.43. The summed E-state index contributed by atoms with van der Waals surface area (Å²) < 4.78 is 39.8. The number of H-pyrrole nitrogens is 1. The van der Waals surface area contributed by atoms with Gasteiger partial charge in [-0.2, -0.15) is 0 Å². The third-order valence-corrected chi connectivity index (χ3v) is 6.39. The van der Waals surface area contributed by atoms with Crippen LogP contribution in [0.1, 0.15) is 10.4 Å². The molecule has 1 aromatic heterocycles. The molecule has 0 spiro atoms. The fourth-order valence-electron chi connectivity index (χ4n) is 2.97. The van der Waals surface area contributed by atoms with Crippen molar-refractivity contribution < 1.29 is 22.6 Å². The topological polar surface area (TPSA) is 75.1 Å². The summed E-state index contributed by atoms with van der Waals surface area (Å²) in [6.07, 6.45) is 3.66. The minimum absolute atomic E-state index is 0.101. The Morgan fingerprint density at radius 1 is 1.07 bits per heavy atom. The number of piperazine rings is 1. The van der Waals surface area contributed by atoms with Crippen molar-refractivity contribution in [3.05, 3.63) is 54.1 Å². The van der Waals surface area contributed by atoms with Crippen LogP contribution in [0.3, 0.4) is 0 Å². The highest BCUT2D eigenvalue weighted by molar-refractivity contribution is 7.89. The summed E-state index contributed by atoms with van der Waals surface area (Å²) in [6.45, 7) is 2.10. The van der Waals surface area contributed by atoms with Crippen LogP contribution in [-0.4, -0.2) is 63.8 Å². The third kappa shape index (κ3) is 3.93. The Bertz CT molecular complexity index is 927. The van der Waals surface area contributed by atoms with Gasteiger partial charge in [-0.05, 0) is 18.2 Å². The van der Waals surface area contributed by atoms with Gasteiger partial charge in [-0.1, -0.05) is 0 Å². The lowest BCUT2D eigenvalue weighted by Gasteiger charge is -2.35. The second-order valence-electron chi connectivity index (χ2n) is 6.47. The van der Waals surface area contributed by atoms with Crippen LogP contribution in [0.15, 0.2) is 47.6 Å². The molecule has 3 rings (SSSR count). The number of aromatic nitrogens is 1. The van der Waals surface area contributed by atoms with E-state index < -0.39 is 21.7 Å². The quantitative estimate of drug-likeness (QED) is 0.772. The Morgan fingerprint density at radius 3 is 2.30 bits per heavy atom. The molecule has 0 unspecified atom stereocenters. The second kappa shape index (κ2) is 7.61. The first-order chi connectivity index (χ1) is 12.8. The van der Waals surface area contributed by atoms with Crippen molar-refractivity contribution in [2.24, 2.45) is 0 Å². The van der Waals surface area contributed by atoms with Crippen molar-refractivity contribution in [3.63, 3.8) is 0 Å². The number of hydrogen-bond acceptors (Lipinski definition) is 4. The maximum absolute atomic E-state index is 14.2. The number of anilines is 1. The number of carbonyl (C=O) groups is 1. The summed E-state index contributed by atoms with van der Waals surface area (Å²) in [5.74, 6) is -1.22. The van der Waals surface area contributed by atoms with E-state index in [9.17, 15) is 17.6 Å². The van der Waals surface area contributed by atoms with Crippen molar-refractivity contribution >= 4 is 21.6 Å². The van der Waals surface area contributed by atoms with Gasteiger partial charge in [0, 0.05) is 58.1 Å². The van der Waals surface area contributed by atoms with Gasteiger partial charge < -0.3 is 9.80 Å². The van der Waals surface area contributed by atoms with Gasteiger partial charge in [0.15, 0.2) is 12.4 Å². The molecule has 0 saturated carbocycles. The standard InChI is InChI=1S/C18H21FN4O3S/c1-21(2)27(25,26)15-3-4-17(19)16(13-15)18(24)23-11-9-22(10-12-23)14-5-7-20-8-6-14/h3-8,13H,9-12H2,1-2H3/p+1. The molecule has 1 aliphatic rings. The number of halogens is 1. The van der Waals surface area contributed by atoms with E-state index in [0.29, 0.717) is 26.2 Å². The molecular weight excluding hydrogens is 371 g/mol. The fraction of sp³-hybridized carbons (Fsp3) is 0.333.